The van der Waals surface area contributed by atoms with E-state index in [0.717, 1.165) is 30.4 Å². The number of halogens is 2. The molecule has 0 saturated heterocycles. The van der Waals surface area contributed by atoms with Crippen LogP contribution in [0.25, 0.3) is 0 Å². The molecule has 2 heterocycles. The molecule has 3 aromatic rings. The lowest BCUT2D eigenvalue weighted by Crippen LogP contribution is -2.36. The van der Waals surface area contributed by atoms with E-state index in [9.17, 15) is 18.4 Å². The Morgan fingerprint density at radius 3 is 2.53 bits per heavy atom. The first-order valence-corrected chi connectivity index (χ1v) is 12.9. The predicted octanol–water partition coefficient (Wildman–Crippen LogP) is 5.16. The summed E-state index contributed by atoms with van der Waals surface area (Å²) < 4.78 is 34.7. The summed E-state index contributed by atoms with van der Waals surface area (Å²) in [7, 11) is 0. The van der Waals surface area contributed by atoms with Gasteiger partial charge in [-0.25, -0.2) is 4.98 Å². The van der Waals surface area contributed by atoms with Crippen molar-refractivity contribution in [2.75, 3.05) is 17.2 Å². The van der Waals surface area contributed by atoms with Crippen LogP contribution in [-0.4, -0.2) is 23.3 Å². The average Bonchev–Trinajstić information content (AvgIpc) is 3.75. The minimum Gasteiger partial charge on any atom is -0.457 e. The number of hydrogen-bond donors (Lipinski definition) is 3. The maximum absolute atomic E-state index is 14.3. The predicted molar refractivity (Wildman–Crippen MR) is 138 cm³/mol. The Morgan fingerprint density at radius 1 is 0.895 bits per heavy atom. The number of ether oxygens (including phenoxy) is 1. The Morgan fingerprint density at radius 2 is 1.68 bits per heavy atom. The van der Waals surface area contributed by atoms with Crippen LogP contribution in [0.3, 0.4) is 0 Å². The van der Waals surface area contributed by atoms with Gasteiger partial charge in [0.25, 0.3) is 5.92 Å². The van der Waals surface area contributed by atoms with Crippen molar-refractivity contribution in [1.82, 2.24) is 10.3 Å². The number of hydrogen-bond acceptors (Lipinski definition) is 5. The van der Waals surface area contributed by atoms with Gasteiger partial charge >= 0.3 is 0 Å². The summed E-state index contributed by atoms with van der Waals surface area (Å²) in [5.74, 6) is -1.73. The largest absolute Gasteiger partial charge is 0.457 e. The minimum absolute atomic E-state index is 0.0196. The quantitative estimate of drug-likeness (QED) is 0.419. The van der Waals surface area contributed by atoms with Crippen LogP contribution in [0.1, 0.15) is 41.5 Å². The summed E-state index contributed by atoms with van der Waals surface area (Å²) >= 11 is 0. The van der Waals surface area contributed by atoms with Crippen molar-refractivity contribution in [3.05, 3.63) is 77.0 Å². The van der Waals surface area contributed by atoms with E-state index < -0.39 is 12.5 Å². The lowest BCUT2D eigenvalue weighted by atomic mass is 9.83. The van der Waals surface area contributed by atoms with Crippen molar-refractivity contribution < 1.29 is 23.1 Å². The van der Waals surface area contributed by atoms with Crippen LogP contribution >= 0.6 is 0 Å². The fourth-order valence-corrected chi connectivity index (χ4v) is 5.12. The Bertz CT molecular complexity index is 1410. The van der Waals surface area contributed by atoms with Crippen molar-refractivity contribution >= 4 is 23.3 Å². The first-order chi connectivity index (χ1) is 18.3. The third kappa shape index (κ3) is 5.24. The number of pyridine rings is 1. The second-order valence-corrected chi connectivity index (χ2v) is 10.3. The van der Waals surface area contributed by atoms with Crippen LogP contribution in [0.2, 0.25) is 0 Å². The zero-order valence-corrected chi connectivity index (χ0v) is 20.7. The number of nitrogens with zero attached hydrogens (tertiary/aromatic N) is 1. The van der Waals surface area contributed by atoms with Gasteiger partial charge in [-0.05, 0) is 79.1 Å². The lowest BCUT2D eigenvalue weighted by molar-refractivity contribution is -0.120. The van der Waals surface area contributed by atoms with E-state index in [4.69, 9.17) is 4.74 Å². The maximum Gasteiger partial charge on any atom is 0.285 e. The molecule has 0 spiro atoms. The number of rotatable bonds is 6. The number of fused-ring (bicyclic) bond motifs is 2. The highest BCUT2D eigenvalue weighted by Gasteiger charge is 2.37. The number of aromatic nitrogens is 1. The lowest BCUT2D eigenvalue weighted by Gasteiger charge is -2.27. The molecule has 2 amide bonds. The van der Waals surface area contributed by atoms with Gasteiger partial charge in [0, 0.05) is 41.9 Å². The van der Waals surface area contributed by atoms with Crippen molar-refractivity contribution in [2.45, 2.75) is 44.6 Å². The zero-order valence-electron chi connectivity index (χ0n) is 20.7. The molecule has 2 aromatic carbocycles. The number of amides is 2. The SMILES string of the molecule is O=C(Nc1ccc2c(c1)C(F)(F)CNC2)C1CCc2ccc(Oc3ccnc(NC(=O)C4CC4)c3)cc2C1. The molecule has 0 bridgehead atoms. The number of anilines is 2. The summed E-state index contributed by atoms with van der Waals surface area (Å²) in [5.41, 5.74) is 3.09. The Balaban J connectivity index is 1.12. The fraction of sp³-hybridized carbons (Fsp3) is 0.345. The monoisotopic (exact) mass is 518 g/mol. The van der Waals surface area contributed by atoms with Gasteiger partial charge in [-0.1, -0.05) is 12.1 Å². The average molecular weight is 519 g/mol. The molecule has 1 unspecified atom stereocenters. The zero-order chi connectivity index (χ0) is 26.3. The second-order valence-electron chi connectivity index (χ2n) is 10.3. The van der Waals surface area contributed by atoms with Crippen LogP contribution in [0, 0.1) is 11.8 Å². The van der Waals surface area contributed by atoms with E-state index in [0.29, 0.717) is 48.0 Å². The highest BCUT2D eigenvalue weighted by molar-refractivity contribution is 5.93. The first kappa shape index (κ1) is 24.5. The van der Waals surface area contributed by atoms with Crippen molar-refractivity contribution in [3.63, 3.8) is 0 Å². The highest BCUT2D eigenvalue weighted by Crippen LogP contribution is 2.36. The Hall–Kier alpha value is -3.85. The van der Waals surface area contributed by atoms with E-state index >= 15 is 0 Å². The number of alkyl halides is 2. The van der Waals surface area contributed by atoms with Gasteiger partial charge in [-0.2, -0.15) is 8.78 Å². The molecule has 196 valence electrons. The van der Waals surface area contributed by atoms with Gasteiger partial charge in [0.2, 0.25) is 11.8 Å². The summed E-state index contributed by atoms with van der Waals surface area (Å²) in [6.07, 6.45) is 5.37. The second kappa shape index (κ2) is 9.79. The van der Waals surface area contributed by atoms with Gasteiger partial charge in [-0.3, -0.25) is 9.59 Å². The summed E-state index contributed by atoms with van der Waals surface area (Å²) in [5, 5.41) is 8.39. The van der Waals surface area contributed by atoms with Gasteiger partial charge in [-0.15, -0.1) is 0 Å². The normalized spacial score (nSPS) is 19.6. The van der Waals surface area contributed by atoms with E-state index in [1.165, 1.54) is 6.07 Å². The molecule has 7 nitrogen and oxygen atoms in total. The van der Waals surface area contributed by atoms with Gasteiger partial charge in [0.1, 0.15) is 17.3 Å². The maximum atomic E-state index is 14.3. The van der Waals surface area contributed by atoms with Crippen LogP contribution in [0.15, 0.2) is 54.7 Å². The van der Waals surface area contributed by atoms with Crippen molar-refractivity contribution in [1.29, 1.82) is 0 Å². The van der Waals surface area contributed by atoms with E-state index in [-0.39, 0.29) is 29.2 Å². The molecule has 38 heavy (non-hydrogen) atoms. The van der Waals surface area contributed by atoms with Gasteiger partial charge < -0.3 is 20.7 Å². The summed E-state index contributed by atoms with van der Waals surface area (Å²) in [6, 6.07) is 14.0. The van der Waals surface area contributed by atoms with Crippen LogP contribution in [0.5, 0.6) is 11.5 Å². The fourth-order valence-electron chi connectivity index (χ4n) is 5.12. The third-order valence-corrected chi connectivity index (χ3v) is 7.38. The highest BCUT2D eigenvalue weighted by atomic mass is 19.3. The molecule has 1 aliphatic heterocycles. The van der Waals surface area contributed by atoms with Crippen LogP contribution in [-0.2, 0) is 34.9 Å². The van der Waals surface area contributed by atoms with Crippen molar-refractivity contribution in [3.8, 4) is 11.5 Å². The number of nitrogens with one attached hydrogen (secondary N) is 3. The van der Waals surface area contributed by atoms with E-state index in [1.54, 1.807) is 30.5 Å². The number of aryl methyl sites for hydroxylation is 1. The molecule has 1 aromatic heterocycles. The van der Waals surface area contributed by atoms with Crippen LogP contribution < -0.4 is 20.7 Å². The molecule has 3 aliphatic rings. The number of carbonyl (C=O) groups is 2. The molecule has 0 radical (unpaired) electrons. The Labute approximate surface area is 219 Å². The molecule has 9 heteroatoms. The molecule has 1 fully saturated rings. The number of benzene rings is 2. The molecule has 3 N–H and O–H groups in total. The third-order valence-electron chi connectivity index (χ3n) is 7.38. The molecule has 1 saturated carbocycles. The minimum atomic E-state index is -2.97. The number of carbonyl (C=O) groups excluding carboxylic acids is 2. The molecular weight excluding hydrogens is 490 g/mol. The smallest absolute Gasteiger partial charge is 0.285 e. The molecular formula is C29H28F2N4O3. The summed E-state index contributed by atoms with van der Waals surface area (Å²) in [4.78, 5) is 29.3. The standard InChI is InChI=1S/C29H28F2N4O3/c30-29(31)16-32-15-20-5-7-22(13-25(20)29)34-28(37)19-4-1-17-6-8-23(12-21(17)11-19)38-24-9-10-33-26(14-24)35-27(36)18-2-3-18/h5-10,12-14,18-19,32H,1-4,11,15-16H2,(H,34,37)(H,33,35,36). The topological polar surface area (TPSA) is 92.3 Å². The first-order valence-electron chi connectivity index (χ1n) is 12.9. The van der Waals surface area contributed by atoms with Gasteiger partial charge in [0.15, 0.2) is 0 Å². The molecule has 2 aliphatic carbocycles. The molecule has 1 atom stereocenters. The Kier molecular flexibility index (Phi) is 6.31. The van der Waals surface area contributed by atoms with E-state index in [1.807, 2.05) is 18.2 Å². The molecule has 6 rings (SSSR count). The van der Waals surface area contributed by atoms with Gasteiger partial charge in [0.05, 0.1) is 6.54 Å². The van der Waals surface area contributed by atoms with Crippen LogP contribution in [0.4, 0.5) is 20.3 Å². The van der Waals surface area contributed by atoms with E-state index in [2.05, 4.69) is 20.9 Å². The summed E-state index contributed by atoms with van der Waals surface area (Å²) in [6.45, 7) is -0.0179. The van der Waals surface area contributed by atoms with Crippen molar-refractivity contribution in [2.24, 2.45) is 11.8 Å².